The maximum absolute atomic E-state index is 12.5. The number of thioether (sulfide) groups is 1. The van der Waals surface area contributed by atoms with E-state index in [4.69, 9.17) is 9.47 Å². The van der Waals surface area contributed by atoms with Gasteiger partial charge in [-0.25, -0.2) is 9.61 Å². The molecule has 33 heavy (non-hydrogen) atoms. The maximum Gasteiger partial charge on any atom is 0.290 e. The van der Waals surface area contributed by atoms with Crippen LogP contribution in [0.1, 0.15) is 11.1 Å². The van der Waals surface area contributed by atoms with Gasteiger partial charge in [0.1, 0.15) is 5.52 Å². The highest BCUT2D eigenvalue weighted by molar-refractivity contribution is 7.99. The maximum atomic E-state index is 12.5. The summed E-state index contributed by atoms with van der Waals surface area (Å²) in [4.78, 5) is 24.8. The van der Waals surface area contributed by atoms with Crippen LogP contribution in [0.3, 0.4) is 0 Å². The number of carbonyl (C=O) groups excluding carboxylic acids is 1. The van der Waals surface area contributed by atoms with Crippen molar-refractivity contribution < 1.29 is 14.3 Å². The molecule has 0 aliphatic heterocycles. The molecule has 4 rings (SSSR count). The van der Waals surface area contributed by atoms with Crippen LogP contribution in [0.15, 0.2) is 52.4 Å². The van der Waals surface area contributed by atoms with Gasteiger partial charge < -0.3 is 14.8 Å². The number of anilines is 1. The zero-order chi connectivity index (χ0) is 23.5. The summed E-state index contributed by atoms with van der Waals surface area (Å²) in [6, 6.07) is 12.9. The first kappa shape index (κ1) is 22.4. The number of aryl methyl sites for hydroxylation is 2. The molecule has 0 bridgehead atoms. The lowest BCUT2D eigenvalue weighted by atomic mass is 10.1. The van der Waals surface area contributed by atoms with Gasteiger partial charge in [0.2, 0.25) is 11.1 Å². The van der Waals surface area contributed by atoms with E-state index in [-0.39, 0.29) is 17.2 Å². The van der Waals surface area contributed by atoms with Crippen LogP contribution in [-0.2, 0) is 4.79 Å². The van der Waals surface area contributed by atoms with E-state index >= 15 is 0 Å². The molecule has 10 heteroatoms. The number of rotatable bonds is 7. The van der Waals surface area contributed by atoms with Crippen LogP contribution in [0, 0.1) is 13.8 Å². The van der Waals surface area contributed by atoms with Crippen LogP contribution in [0.2, 0.25) is 0 Å². The molecule has 2 aromatic heterocycles. The lowest BCUT2D eigenvalue weighted by molar-refractivity contribution is -0.113. The van der Waals surface area contributed by atoms with Crippen molar-refractivity contribution in [1.82, 2.24) is 19.8 Å². The Morgan fingerprint density at radius 1 is 1.09 bits per heavy atom. The molecule has 9 nitrogen and oxygen atoms in total. The van der Waals surface area contributed by atoms with Crippen LogP contribution >= 0.6 is 11.8 Å². The molecule has 2 aromatic carbocycles. The van der Waals surface area contributed by atoms with Crippen LogP contribution in [0.4, 0.5) is 5.69 Å². The summed E-state index contributed by atoms with van der Waals surface area (Å²) in [5.74, 6) is 1.07. The van der Waals surface area contributed by atoms with Crippen molar-refractivity contribution in [3.8, 4) is 22.8 Å². The van der Waals surface area contributed by atoms with Gasteiger partial charge >= 0.3 is 0 Å². The zero-order valence-corrected chi connectivity index (χ0v) is 19.4. The molecule has 0 aliphatic rings. The SMILES string of the molecule is COc1ccc(-c2cc3c(=O)[nH]nc(SCC(=O)Nc4ccc(C)cc4C)n3n2)cc1OC. The summed E-state index contributed by atoms with van der Waals surface area (Å²) < 4.78 is 12.1. The highest BCUT2D eigenvalue weighted by Crippen LogP contribution is 2.32. The topological polar surface area (TPSA) is 111 Å². The smallest absolute Gasteiger partial charge is 0.290 e. The predicted molar refractivity (Wildman–Crippen MR) is 127 cm³/mol. The minimum absolute atomic E-state index is 0.104. The fraction of sp³-hybridized carbons (Fsp3) is 0.217. The Kier molecular flexibility index (Phi) is 6.36. The first-order valence-electron chi connectivity index (χ1n) is 10.1. The van der Waals surface area contributed by atoms with Gasteiger partial charge in [0.25, 0.3) is 5.56 Å². The number of carbonyl (C=O) groups is 1. The number of hydrogen-bond acceptors (Lipinski definition) is 7. The minimum atomic E-state index is -0.377. The number of H-pyrrole nitrogens is 1. The highest BCUT2D eigenvalue weighted by Gasteiger charge is 2.15. The number of amides is 1. The summed E-state index contributed by atoms with van der Waals surface area (Å²) in [6.07, 6.45) is 0. The second kappa shape index (κ2) is 9.37. The molecule has 0 unspecified atom stereocenters. The van der Waals surface area contributed by atoms with Crippen molar-refractivity contribution in [3.05, 3.63) is 63.9 Å². The monoisotopic (exact) mass is 465 g/mol. The van der Waals surface area contributed by atoms with Gasteiger partial charge in [0.15, 0.2) is 11.5 Å². The summed E-state index contributed by atoms with van der Waals surface area (Å²) in [5.41, 5.74) is 4.15. The Morgan fingerprint density at radius 3 is 2.61 bits per heavy atom. The molecule has 170 valence electrons. The normalized spacial score (nSPS) is 10.9. The number of hydrogen-bond donors (Lipinski definition) is 2. The molecule has 2 heterocycles. The van der Waals surface area contributed by atoms with Gasteiger partial charge in [0, 0.05) is 11.3 Å². The number of aromatic nitrogens is 4. The molecular formula is C23H23N5O4S. The van der Waals surface area contributed by atoms with E-state index in [0.717, 1.165) is 22.4 Å². The van der Waals surface area contributed by atoms with Crippen molar-refractivity contribution in [2.75, 3.05) is 25.3 Å². The van der Waals surface area contributed by atoms with Crippen molar-refractivity contribution >= 4 is 28.9 Å². The van der Waals surface area contributed by atoms with Gasteiger partial charge in [-0.1, -0.05) is 29.5 Å². The van der Waals surface area contributed by atoms with Gasteiger partial charge in [-0.15, -0.1) is 5.10 Å². The van der Waals surface area contributed by atoms with E-state index < -0.39 is 0 Å². The second-order valence-electron chi connectivity index (χ2n) is 7.39. The molecule has 2 N–H and O–H groups in total. The van der Waals surface area contributed by atoms with Crippen molar-refractivity contribution in [2.24, 2.45) is 0 Å². The van der Waals surface area contributed by atoms with Crippen LogP contribution in [0.25, 0.3) is 16.8 Å². The summed E-state index contributed by atoms with van der Waals surface area (Å²) in [7, 11) is 3.12. The van der Waals surface area contributed by atoms with Crippen molar-refractivity contribution in [3.63, 3.8) is 0 Å². The standard InChI is InChI=1S/C23H23N5O4S/c1-13-5-7-16(14(2)9-13)24-21(29)12-33-23-26-25-22(30)18-11-17(27-28(18)23)15-6-8-19(31-3)20(10-15)32-4/h5-11H,12H2,1-4H3,(H,24,29)(H,25,30). The van der Waals surface area contributed by atoms with E-state index in [1.807, 2.05) is 38.1 Å². The van der Waals surface area contributed by atoms with E-state index in [0.29, 0.717) is 27.9 Å². The van der Waals surface area contributed by atoms with E-state index in [1.165, 1.54) is 16.3 Å². The molecule has 0 atom stereocenters. The first-order chi connectivity index (χ1) is 15.9. The van der Waals surface area contributed by atoms with Gasteiger partial charge in [-0.3, -0.25) is 9.59 Å². The van der Waals surface area contributed by atoms with Crippen LogP contribution in [0.5, 0.6) is 11.5 Å². The lowest BCUT2D eigenvalue weighted by Crippen LogP contribution is -2.17. The fourth-order valence-electron chi connectivity index (χ4n) is 3.39. The molecular weight excluding hydrogens is 442 g/mol. The number of nitrogens with one attached hydrogen (secondary N) is 2. The Morgan fingerprint density at radius 2 is 1.88 bits per heavy atom. The van der Waals surface area contributed by atoms with E-state index in [1.54, 1.807) is 32.4 Å². The quantitative estimate of drug-likeness (QED) is 0.402. The van der Waals surface area contributed by atoms with Gasteiger partial charge in [0.05, 0.1) is 25.7 Å². The third-order valence-corrected chi connectivity index (χ3v) is 5.97. The largest absolute Gasteiger partial charge is 0.493 e. The molecule has 0 saturated carbocycles. The first-order valence-corrected chi connectivity index (χ1v) is 11.1. The van der Waals surface area contributed by atoms with Gasteiger partial charge in [-0.2, -0.15) is 5.10 Å². The van der Waals surface area contributed by atoms with Crippen LogP contribution < -0.4 is 20.3 Å². The van der Waals surface area contributed by atoms with Crippen molar-refractivity contribution in [1.29, 1.82) is 0 Å². The average Bonchev–Trinajstić information content (AvgIpc) is 3.26. The highest BCUT2D eigenvalue weighted by atomic mass is 32.2. The minimum Gasteiger partial charge on any atom is -0.493 e. The molecule has 4 aromatic rings. The Hall–Kier alpha value is -3.79. The third-order valence-electron chi connectivity index (χ3n) is 5.04. The molecule has 0 aliphatic carbocycles. The second-order valence-corrected chi connectivity index (χ2v) is 8.33. The number of fused-ring (bicyclic) bond motifs is 1. The molecule has 0 fully saturated rings. The molecule has 0 spiro atoms. The fourth-order valence-corrected chi connectivity index (χ4v) is 4.10. The number of nitrogens with zero attached hydrogens (tertiary/aromatic N) is 3. The summed E-state index contributed by atoms with van der Waals surface area (Å²) in [6.45, 7) is 3.95. The predicted octanol–water partition coefficient (Wildman–Crippen LogP) is 3.45. The zero-order valence-electron chi connectivity index (χ0n) is 18.6. The van der Waals surface area contributed by atoms with Gasteiger partial charge in [-0.05, 0) is 49.7 Å². The van der Waals surface area contributed by atoms with E-state index in [2.05, 4.69) is 20.6 Å². The van der Waals surface area contributed by atoms with E-state index in [9.17, 15) is 9.59 Å². The number of aromatic amines is 1. The third kappa shape index (κ3) is 4.70. The average molecular weight is 466 g/mol. The number of methoxy groups -OCH3 is 2. The summed E-state index contributed by atoms with van der Waals surface area (Å²) in [5, 5.41) is 14.4. The lowest BCUT2D eigenvalue weighted by Gasteiger charge is -2.09. The van der Waals surface area contributed by atoms with Crippen LogP contribution in [-0.4, -0.2) is 45.7 Å². The molecule has 0 saturated heterocycles. The Labute approximate surface area is 194 Å². The molecule has 1 amide bonds. The Bertz CT molecular complexity index is 1400. The molecule has 0 radical (unpaired) electrons. The Balaban J connectivity index is 1.58. The number of ether oxygens (including phenoxy) is 2. The summed E-state index contributed by atoms with van der Waals surface area (Å²) >= 11 is 1.18. The van der Waals surface area contributed by atoms with Crippen molar-refractivity contribution in [2.45, 2.75) is 19.0 Å². The number of benzene rings is 2.